The fourth-order valence-corrected chi connectivity index (χ4v) is 2.19. The Morgan fingerprint density at radius 3 is 2.57 bits per heavy atom. The number of rotatable bonds is 5. The van der Waals surface area contributed by atoms with Crippen LogP contribution in [-0.4, -0.2) is 11.5 Å². The van der Waals surface area contributed by atoms with Gasteiger partial charge in [-0.2, -0.15) is 0 Å². The molecule has 0 aliphatic carbocycles. The average molecular weight is 315 g/mol. The SMILES string of the molecule is CCCNC(c1cncc(F)c1)c1cc(F)c(Cl)cc1F. The molecule has 21 heavy (non-hydrogen) atoms. The maximum atomic E-state index is 14.1. The van der Waals surface area contributed by atoms with Crippen molar-refractivity contribution in [2.24, 2.45) is 0 Å². The lowest BCUT2D eigenvalue weighted by atomic mass is 9.99. The lowest BCUT2D eigenvalue weighted by molar-refractivity contribution is 0.531. The van der Waals surface area contributed by atoms with Crippen molar-refractivity contribution >= 4 is 11.6 Å². The molecule has 0 saturated carbocycles. The van der Waals surface area contributed by atoms with E-state index in [-0.39, 0.29) is 10.6 Å². The van der Waals surface area contributed by atoms with Crippen molar-refractivity contribution in [3.63, 3.8) is 0 Å². The molecule has 2 rings (SSSR count). The van der Waals surface area contributed by atoms with Gasteiger partial charge in [-0.25, -0.2) is 13.2 Å². The molecule has 0 bridgehead atoms. The Morgan fingerprint density at radius 1 is 1.14 bits per heavy atom. The van der Waals surface area contributed by atoms with Gasteiger partial charge in [0.2, 0.25) is 0 Å². The number of aromatic nitrogens is 1. The normalized spacial score (nSPS) is 12.4. The number of benzene rings is 1. The molecule has 1 heterocycles. The fraction of sp³-hybridized carbons (Fsp3) is 0.267. The molecule has 112 valence electrons. The van der Waals surface area contributed by atoms with Crippen LogP contribution in [0.5, 0.6) is 0 Å². The Bertz CT molecular complexity index is 634. The first-order valence-corrected chi connectivity index (χ1v) is 6.89. The molecule has 1 N–H and O–H groups in total. The van der Waals surface area contributed by atoms with Crippen molar-refractivity contribution < 1.29 is 13.2 Å². The molecule has 0 fully saturated rings. The van der Waals surface area contributed by atoms with Crippen molar-refractivity contribution in [1.29, 1.82) is 0 Å². The highest BCUT2D eigenvalue weighted by atomic mass is 35.5. The van der Waals surface area contributed by atoms with Gasteiger partial charge in [-0.3, -0.25) is 4.98 Å². The Labute approximate surface area is 126 Å². The lowest BCUT2D eigenvalue weighted by Gasteiger charge is -2.20. The second-order valence-electron chi connectivity index (χ2n) is 4.61. The third-order valence-corrected chi connectivity index (χ3v) is 3.30. The minimum Gasteiger partial charge on any atom is -0.306 e. The Balaban J connectivity index is 2.47. The summed E-state index contributed by atoms with van der Waals surface area (Å²) in [6.07, 6.45) is 3.26. The van der Waals surface area contributed by atoms with E-state index in [4.69, 9.17) is 11.6 Å². The zero-order valence-electron chi connectivity index (χ0n) is 11.3. The van der Waals surface area contributed by atoms with Crippen LogP contribution < -0.4 is 5.32 Å². The van der Waals surface area contributed by atoms with Crippen molar-refractivity contribution in [3.05, 3.63) is 64.2 Å². The molecule has 0 aliphatic rings. The second-order valence-corrected chi connectivity index (χ2v) is 5.02. The van der Waals surface area contributed by atoms with Gasteiger partial charge in [0, 0.05) is 11.8 Å². The van der Waals surface area contributed by atoms with Gasteiger partial charge in [-0.15, -0.1) is 0 Å². The van der Waals surface area contributed by atoms with Crippen LogP contribution >= 0.6 is 11.6 Å². The summed E-state index contributed by atoms with van der Waals surface area (Å²) >= 11 is 5.56. The van der Waals surface area contributed by atoms with Crippen molar-refractivity contribution in [1.82, 2.24) is 10.3 Å². The number of halogens is 4. The number of nitrogens with zero attached hydrogens (tertiary/aromatic N) is 1. The van der Waals surface area contributed by atoms with E-state index in [1.54, 1.807) is 0 Å². The van der Waals surface area contributed by atoms with Gasteiger partial charge in [-0.1, -0.05) is 18.5 Å². The second kappa shape index (κ2) is 6.91. The van der Waals surface area contributed by atoms with E-state index < -0.39 is 23.5 Å². The van der Waals surface area contributed by atoms with Crippen molar-refractivity contribution in [3.8, 4) is 0 Å². The van der Waals surface area contributed by atoms with E-state index in [2.05, 4.69) is 10.3 Å². The minimum absolute atomic E-state index is 0.0674. The van der Waals surface area contributed by atoms with E-state index in [0.29, 0.717) is 12.1 Å². The highest BCUT2D eigenvalue weighted by molar-refractivity contribution is 6.30. The molecular formula is C15H14ClF3N2. The summed E-state index contributed by atoms with van der Waals surface area (Å²) in [5.41, 5.74) is 0.488. The van der Waals surface area contributed by atoms with Gasteiger partial charge in [-0.05, 0) is 36.7 Å². The zero-order valence-corrected chi connectivity index (χ0v) is 12.1. The van der Waals surface area contributed by atoms with Gasteiger partial charge in [0.25, 0.3) is 0 Å². The van der Waals surface area contributed by atoms with Gasteiger partial charge < -0.3 is 5.32 Å². The molecule has 0 radical (unpaired) electrons. The maximum absolute atomic E-state index is 14.1. The summed E-state index contributed by atoms with van der Waals surface area (Å²) in [5.74, 6) is -1.91. The lowest BCUT2D eigenvalue weighted by Crippen LogP contribution is -2.24. The van der Waals surface area contributed by atoms with Gasteiger partial charge in [0.1, 0.15) is 17.5 Å². The van der Waals surface area contributed by atoms with E-state index in [1.165, 1.54) is 12.3 Å². The highest BCUT2D eigenvalue weighted by Crippen LogP contribution is 2.28. The Morgan fingerprint density at radius 2 is 1.90 bits per heavy atom. The fourth-order valence-electron chi connectivity index (χ4n) is 2.04. The molecule has 1 atom stereocenters. The summed E-state index contributed by atoms with van der Waals surface area (Å²) in [6, 6.07) is 2.49. The van der Waals surface area contributed by atoms with Gasteiger partial charge in [0.05, 0.1) is 17.3 Å². The maximum Gasteiger partial charge on any atom is 0.142 e. The molecule has 0 aliphatic heterocycles. The van der Waals surface area contributed by atoms with Crippen LogP contribution in [0.2, 0.25) is 5.02 Å². The number of pyridine rings is 1. The van der Waals surface area contributed by atoms with Crippen LogP contribution in [0.25, 0.3) is 0 Å². The van der Waals surface area contributed by atoms with Crippen LogP contribution in [0.1, 0.15) is 30.5 Å². The zero-order chi connectivity index (χ0) is 15.4. The standard InChI is InChI=1S/C15H14ClF3N2/c1-2-3-21-15(9-4-10(17)8-20-7-9)11-5-14(19)12(16)6-13(11)18/h4-8,15,21H,2-3H2,1H3. The predicted octanol–water partition coefficient (Wildman–Crippen LogP) is 4.24. The first kappa shape index (κ1) is 15.8. The van der Waals surface area contributed by atoms with Crippen LogP contribution in [0.3, 0.4) is 0 Å². The number of hydrogen-bond acceptors (Lipinski definition) is 2. The van der Waals surface area contributed by atoms with Crippen LogP contribution in [0.4, 0.5) is 13.2 Å². The minimum atomic E-state index is -0.722. The van der Waals surface area contributed by atoms with E-state index in [1.807, 2.05) is 6.92 Å². The van der Waals surface area contributed by atoms with E-state index in [0.717, 1.165) is 24.8 Å². The number of nitrogens with one attached hydrogen (secondary N) is 1. The first-order valence-electron chi connectivity index (χ1n) is 6.51. The molecule has 0 spiro atoms. The molecule has 2 aromatic rings. The van der Waals surface area contributed by atoms with Gasteiger partial charge >= 0.3 is 0 Å². The summed E-state index contributed by atoms with van der Waals surface area (Å²) in [5, 5.41) is 2.77. The summed E-state index contributed by atoms with van der Waals surface area (Å²) < 4.78 is 41.0. The average Bonchev–Trinajstić information content (AvgIpc) is 2.44. The summed E-state index contributed by atoms with van der Waals surface area (Å²) in [7, 11) is 0. The van der Waals surface area contributed by atoms with Crippen LogP contribution in [-0.2, 0) is 0 Å². The van der Waals surface area contributed by atoms with Crippen molar-refractivity contribution in [2.75, 3.05) is 6.54 Å². The molecular weight excluding hydrogens is 301 g/mol. The third kappa shape index (κ3) is 3.74. The molecule has 0 amide bonds. The van der Waals surface area contributed by atoms with E-state index in [9.17, 15) is 13.2 Å². The first-order chi connectivity index (χ1) is 10.0. The van der Waals surface area contributed by atoms with Crippen LogP contribution in [0.15, 0.2) is 30.6 Å². The smallest absolute Gasteiger partial charge is 0.142 e. The molecule has 6 heteroatoms. The summed E-state index contributed by atoms with van der Waals surface area (Å²) in [6.45, 7) is 2.50. The Kier molecular flexibility index (Phi) is 5.20. The van der Waals surface area contributed by atoms with E-state index >= 15 is 0 Å². The predicted molar refractivity (Wildman–Crippen MR) is 75.7 cm³/mol. The Hall–Kier alpha value is -1.59. The number of hydrogen-bond donors (Lipinski definition) is 1. The highest BCUT2D eigenvalue weighted by Gasteiger charge is 2.20. The van der Waals surface area contributed by atoms with Crippen molar-refractivity contribution in [2.45, 2.75) is 19.4 Å². The van der Waals surface area contributed by atoms with Crippen LogP contribution in [0, 0.1) is 17.5 Å². The third-order valence-electron chi connectivity index (χ3n) is 3.01. The monoisotopic (exact) mass is 314 g/mol. The summed E-state index contributed by atoms with van der Waals surface area (Å²) in [4.78, 5) is 3.75. The van der Waals surface area contributed by atoms with Gasteiger partial charge in [0.15, 0.2) is 0 Å². The molecule has 1 aromatic heterocycles. The largest absolute Gasteiger partial charge is 0.306 e. The topological polar surface area (TPSA) is 24.9 Å². The molecule has 0 saturated heterocycles. The quantitative estimate of drug-likeness (QED) is 0.835. The molecule has 1 aromatic carbocycles. The molecule has 1 unspecified atom stereocenters. The molecule has 2 nitrogen and oxygen atoms in total.